The number of carbonyl (C=O) groups is 1. The van der Waals surface area contributed by atoms with Crippen LogP contribution >= 0.6 is 0 Å². The van der Waals surface area contributed by atoms with E-state index >= 15 is 0 Å². The Morgan fingerprint density at radius 3 is 1.57 bits per heavy atom. The van der Waals surface area contributed by atoms with Gasteiger partial charge in [0.2, 0.25) is 5.60 Å². The van der Waals surface area contributed by atoms with E-state index in [-0.39, 0.29) is 23.2 Å². The molecule has 0 aliphatic carbocycles. The van der Waals surface area contributed by atoms with Gasteiger partial charge in [0.1, 0.15) is 11.5 Å². The molecule has 5 aromatic carbocycles. The van der Waals surface area contributed by atoms with Crippen molar-refractivity contribution in [2.75, 3.05) is 0 Å². The van der Waals surface area contributed by atoms with Gasteiger partial charge < -0.3 is 14.9 Å². The van der Waals surface area contributed by atoms with E-state index < -0.39 is 11.6 Å². The fourth-order valence-electron chi connectivity index (χ4n) is 6.46. The molecule has 2 unspecified atom stereocenters. The summed E-state index contributed by atoms with van der Waals surface area (Å²) in [6.07, 6.45) is 4.41. The summed E-state index contributed by atoms with van der Waals surface area (Å²) < 4.78 is 6.19. The van der Waals surface area contributed by atoms with E-state index in [4.69, 9.17) is 19.7 Å². The molecule has 7 nitrogen and oxygen atoms in total. The van der Waals surface area contributed by atoms with Crippen molar-refractivity contribution in [3.05, 3.63) is 127 Å². The smallest absolute Gasteiger partial charge is 0.348 e. The quantitative estimate of drug-likeness (QED) is 0.111. The van der Waals surface area contributed by atoms with Crippen molar-refractivity contribution in [2.45, 2.75) is 58.5 Å². The molecule has 2 atom stereocenters. The number of benzene rings is 5. The number of rotatable bonds is 14. The summed E-state index contributed by atoms with van der Waals surface area (Å²) in [5.41, 5.74) is 4.87. The highest BCUT2D eigenvalue weighted by Gasteiger charge is 2.43. The molecule has 0 amide bonds. The molecule has 0 aliphatic heterocycles. The fourth-order valence-corrected chi connectivity index (χ4v) is 6.46. The highest BCUT2D eigenvalue weighted by atomic mass is 16.5. The zero-order valence-corrected chi connectivity index (χ0v) is 29.3. The number of unbranched alkanes of at least 4 members (excludes halogenated alkanes) is 2. The lowest BCUT2D eigenvalue weighted by atomic mass is 9.82. The Morgan fingerprint density at radius 1 is 0.647 bits per heavy atom. The maximum Gasteiger partial charge on any atom is 0.348 e. The summed E-state index contributed by atoms with van der Waals surface area (Å²) in [5, 5.41) is 21.6. The molecule has 51 heavy (non-hydrogen) atoms. The molecule has 0 spiro atoms. The second-order valence-corrected chi connectivity index (χ2v) is 13.0. The highest BCUT2D eigenvalue weighted by molar-refractivity contribution is 5.78. The number of hydrogen-bond acceptors (Lipinski definition) is 6. The Balaban J connectivity index is 1.37. The summed E-state index contributed by atoms with van der Waals surface area (Å²) >= 11 is 0. The number of aromatic nitrogens is 3. The maximum atomic E-state index is 12.6. The molecule has 0 bridgehead atoms. The highest BCUT2D eigenvalue weighted by Crippen LogP contribution is 2.37. The number of phenols is 1. The Hall–Kier alpha value is -5.82. The molecule has 6 aromatic rings. The number of aliphatic carboxylic acids is 1. The van der Waals surface area contributed by atoms with Crippen LogP contribution in [0.3, 0.4) is 0 Å². The van der Waals surface area contributed by atoms with Crippen molar-refractivity contribution >= 4 is 5.97 Å². The van der Waals surface area contributed by atoms with E-state index in [0.717, 1.165) is 59.1 Å². The lowest BCUT2D eigenvalue weighted by Gasteiger charge is -2.34. The minimum absolute atomic E-state index is 0.124. The maximum absolute atomic E-state index is 12.6. The first-order valence-corrected chi connectivity index (χ1v) is 17.6. The predicted octanol–water partition coefficient (Wildman–Crippen LogP) is 10.7. The standard InChI is InChI=1S/C44H43N3O4/c1-4-6-9-18-36(5-2)44(3,43(49)50)51-37-27-28-38(39(48)29-37)42-46-40(34-23-19-32(20-24-34)30-14-10-7-11-15-30)45-41(47-42)35-25-21-33(22-26-35)31-16-12-8-13-17-31/h7-8,10-17,19-29,36,48H,4-6,9,18H2,1-3H3,(H,49,50). The zero-order chi connectivity index (χ0) is 35.8. The Morgan fingerprint density at radius 2 is 1.12 bits per heavy atom. The van der Waals surface area contributed by atoms with Gasteiger partial charge in [-0.15, -0.1) is 0 Å². The second kappa shape index (κ2) is 15.8. The lowest BCUT2D eigenvalue weighted by Crippen LogP contribution is -2.48. The van der Waals surface area contributed by atoms with E-state index in [1.165, 1.54) is 6.07 Å². The van der Waals surface area contributed by atoms with Gasteiger partial charge >= 0.3 is 5.97 Å². The number of carboxylic acid groups (broad SMARTS) is 1. The van der Waals surface area contributed by atoms with Crippen molar-refractivity contribution < 1.29 is 19.7 Å². The van der Waals surface area contributed by atoms with E-state index in [9.17, 15) is 15.0 Å². The lowest BCUT2D eigenvalue weighted by molar-refractivity contribution is -0.159. The zero-order valence-electron chi connectivity index (χ0n) is 29.3. The number of aromatic hydroxyl groups is 1. The number of ether oxygens (including phenoxy) is 1. The van der Waals surface area contributed by atoms with Gasteiger partial charge in [-0.05, 0) is 54.2 Å². The van der Waals surface area contributed by atoms with Gasteiger partial charge in [-0.25, -0.2) is 19.7 Å². The third-order valence-electron chi connectivity index (χ3n) is 9.53. The average molecular weight is 678 g/mol. The van der Waals surface area contributed by atoms with Crippen LogP contribution < -0.4 is 4.74 Å². The predicted molar refractivity (Wildman–Crippen MR) is 203 cm³/mol. The molecule has 258 valence electrons. The van der Waals surface area contributed by atoms with Crippen molar-refractivity contribution in [1.29, 1.82) is 0 Å². The van der Waals surface area contributed by atoms with Crippen LogP contribution in [0, 0.1) is 5.92 Å². The van der Waals surface area contributed by atoms with Crippen LogP contribution in [0.15, 0.2) is 127 Å². The molecule has 0 saturated heterocycles. The van der Waals surface area contributed by atoms with Crippen LogP contribution in [-0.2, 0) is 4.79 Å². The first-order chi connectivity index (χ1) is 24.8. The minimum Gasteiger partial charge on any atom is -0.507 e. The summed E-state index contributed by atoms with van der Waals surface area (Å²) in [7, 11) is 0. The largest absolute Gasteiger partial charge is 0.507 e. The second-order valence-electron chi connectivity index (χ2n) is 13.0. The Bertz CT molecular complexity index is 1970. The first-order valence-electron chi connectivity index (χ1n) is 17.6. The number of carboxylic acids is 1. The molecule has 7 heteroatoms. The van der Waals surface area contributed by atoms with Gasteiger partial charge in [0.05, 0.1) is 5.56 Å². The van der Waals surface area contributed by atoms with Gasteiger partial charge in [-0.3, -0.25) is 0 Å². The number of nitrogens with zero attached hydrogens (tertiary/aromatic N) is 3. The SMILES string of the molecule is CCCCCC(CC)C(C)(Oc1ccc(-c2nc(-c3ccc(-c4ccccc4)cc3)nc(-c3ccc(-c4ccccc4)cc3)n2)c(O)c1)C(=O)O. The number of phenolic OH excluding ortho intramolecular Hbond substituents is 1. The number of hydrogen-bond donors (Lipinski definition) is 2. The molecular weight excluding hydrogens is 635 g/mol. The van der Waals surface area contributed by atoms with E-state index in [0.29, 0.717) is 23.6 Å². The van der Waals surface area contributed by atoms with Crippen LogP contribution in [-0.4, -0.2) is 36.7 Å². The van der Waals surface area contributed by atoms with E-state index in [2.05, 4.69) is 31.2 Å². The van der Waals surface area contributed by atoms with Crippen molar-refractivity contribution in [1.82, 2.24) is 15.0 Å². The van der Waals surface area contributed by atoms with Crippen molar-refractivity contribution in [3.63, 3.8) is 0 Å². The molecular formula is C44H43N3O4. The van der Waals surface area contributed by atoms with Crippen LogP contribution in [0.25, 0.3) is 56.4 Å². The van der Waals surface area contributed by atoms with Crippen molar-refractivity contribution in [2.24, 2.45) is 5.92 Å². The molecule has 0 aliphatic rings. The van der Waals surface area contributed by atoms with Crippen LogP contribution in [0.5, 0.6) is 11.5 Å². The summed E-state index contributed by atoms with van der Waals surface area (Å²) in [5.74, 6) is 0.107. The Kier molecular flexibility index (Phi) is 10.9. The van der Waals surface area contributed by atoms with Gasteiger partial charge in [0.25, 0.3) is 0 Å². The third-order valence-corrected chi connectivity index (χ3v) is 9.53. The monoisotopic (exact) mass is 677 g/mol. The van der Waals surface area contributed by atoms with Crippen LogP contribution in [0.1, 0.15) is 52.9 Å². The molecule has 6 rings (SSSR count). The third kappa shape index (κ3) is 7.99. The van der Waals surface area contributed by atoms with Gasteiger partial charge in [-0.2, -0.15) is 0 Å². The fraction of sp³-hybridized carbons (Fsp3) is 0.227. The molecule has 1 aromatic heterocycles. The van der Waals surface area contributed by atoms with Gasteiger partial charge in [0.15, 0.2) is 17.5 Å². The Labute approximate surface area is 299 Å². The van der Waals surface area contributed by atoms with E-state index in [1.54, 1.807) is 19.1 Å². The summed E-state index contributed by atoms with van der Waals surface area (Å²) in [6.45, 7) is 5.74. The topological polar surface area (TPSA) is 105 Å². The van der Waals surface area contributed by atoms with Crippen molar-refractivity contribution in [3.8, 4) is 67.9 Å². The molecule has 0 radical (unpaired) electrons. The summed E-state index contributed by atoms with van der Waals surface area (Å²) in [4.78, 5) is 27.1. The first kappa shape index (κ1) is 35.0. The normalized spacial score (nSPS) is 12.9. The molecule has 1 heterocycles. The molecule has 0 fully saturated rings. The van der Waals surface area contributed by atoms with Gasteiger partial charge in [0, 0.05) is 23.1 Å². The van der Waals surface area contributed by atoms with Gasteiger partial charge in [-0.1, -0.05) is 142 Å². The van der Waals surface area contributed by atoms with Crippen LogP contribution in [0.2, 0.25) is 0 Å². The van der Waals surface area contributed by atoms with Crippen LogP contribution in [0.4, 0.5) is 0 Å². The molecule has 2 N–H and O–H groups in total. The molecule has 0 saturated carbocycles. The minimum atomic E-state index is -1.46. The summed E-state index contributed by atoms with van der Waals surface area (Å²) in [6, 6.07) is 41.2. The average Bonchev–Trinajstić information content (AvgIpc) is 3.17. The van der Waals surface area contributed by atoms with E-state index in [1.807, 2.05) is 91.9 Å².